The van der Waals surface area contributed by atoms with Gasteiger partial charge in [-0.3, -0.25) is 4.79 Å². The van der Waals surface area contributed by atoms with Crippen molar-refractivity contribution in [2.45, 2.75) is 32.2 Å². The Balaban J connectivity index is 1.40. The van der Waals surface area contributed by atoms with Crippen molar-refractivity contribution in [2.24, 2.45) is 0 Å². The highest BCUT2D eigenvalue weighted by molar-refractivity contribution is 5.79. The van der Waals surface area contributed by atoms with E-state index in [9.17, 15) is 4.79 Å². The van der Waals surface area contributed by atoms with Crippen LogP contribution in [0.4, 0.5) is 0 Å². The molecule has 2 heterocycles. The molecule has 1 aliphatic rings. The van der Waals surface area contributed by atoms with Gasteiger partial charge in [0, 0.05) is 25.1 Å². The quantitative estimate of drug-likeness (QED) is 0.561. The molecule has 0 aliphatic carbocycles. The van der Waals surface area contributed by atoms with Gasteiger partial charge in [0.2, 0.25) is 17.6 Å². The summed E-state index contributed by atoms with van der Waals surface area (Å²) in [7, 11) is 1.64. The summed E-state index contributed by atoms with van der Waals surface area (Å²) in [5, 5.41) is 4.11. The molecule has 1 atom stereocenters. The summed E-state index contributed by atoms with van der Waals surface area (Å²) < 4.78 is 16.3. The van der Waals surface area contributed by atoms with Crippen molar-refractivity contribution in [3.05, 3.63) is 60.0 Å². The van der Waals surface area contributed by atoms with Gasteiger partial charge in [0.25, 0.3) is 0 Å². The van der Waals surface area contributed by atoms with Crippen LogP contribution in [-0.4, -0.2) is 41.2 Å². The SMILES string of the molecule is CCCOc1ccc(-c2noc(C3CC(=O)N(Cc4ccc(OC)cc4)C3)n2)cc1. The molecule has 1 aromatic heterocycles. The Hall–Kier alpha value is -3.35. The minimum Gasteiger partial charge on any atom is -0.497 e. The first-order chi connectivity index (χ1) is 14.7. The number of hydrogen-bond acceptors (Lipinski definition) is 6. The van der Waals surface area contributed by atoms with Crippen LogP contribution in [0, 0.1) is 0 Å². The molecule has 7 heteroatoms. The van der Waals surface area contributed by atoms with Crippen LogP contribution >= 0.6 is 0 Å². The van der Waals surface area contributed by atoms with Crippen molar-refractivity contribution in [3.8, 4) is 22.9 Å². The van der Waals surface area contributed by atoms with E-state index in [1.54, 1.807) is 7.11 Å². The maximum Gasteiger partial charge on any atom is 0.232 e. The van der Waals surface area contributed by atoms with Crippen LogP contribution in [0.2, 0.25) is 0 Å². The third kappa shape index (κ3) is 4.45. The third-order valence-corrected chi connectivity index (χ3v) is 5.12. The molecule has 30 heavy (non-hydrogen) atoms. The summed E-state index contributed by atoms with van der Waals surface area (Å²) in [4.78, 5) is 18.9. The second-order valence-corrected chi connectivity index (χ2v) is 7.35. The van der Waals surface area contributed by atoms with Crippen molar-refractivity contribution in [1.82, 2.24) is 15.0 Å². The van der Waals surface area contributed by atoms with E-state index in [2.05, 4.69) is 17.1 Å². The standard InChI is InChI=1S/C23H25N3O4/c1-3-12-29-20-10-6-17(7-11-20)22-24-23(30-25-22)18-13-21(27)26(15-18)14-16-4-8-19(28-2)9-5-16/h4-11,18H,3,12-15H2,1-2H3. The van der Waals surface area contributed by atoms with Gasteiger partial charge in [0.1, 0.15) is 11.5 Å². The first-order valence-corrected chi connectivity index (χ1v) is 10.1. The highest BCUT2D eigenvalue weighted by Crippen LogP contribution is 2.30. The molecule has 0 spiro atoms. The number of nitrogens with zero attached hydrogens (tertiary/aromatic N) is 3. The lowest BCUT2D eigenvalue weighted by atomic mass is 10.1. The van der Waals surface area contributed by atoms with Crippen LogP contribution in [0.5, 0.6) is 11.5 Å². The van der Waals surface area contributed by atoms with Gasteiger partial charge in [-0.1, -0.05) is 24.2 Å². The molecule has 4 rings (SSSR count). The summed E-state index contributed by atoms with van der Waals surface area (Å²) in [6, 6.07) is 15.4. The van der Waals surface area contributed by atoms with Crippen LogP contribution in [0.25, 0.3) is 11.4 Å². The van der Waals surface area contributed by atoms with E-state index in [4.69, 9.17) is 14.0 Å². The normalized spacial score (nSPS) is 16.1. The van der Waals surface area contributed by atoms with Crippen molar-refractivity contribution in [1.29, 1.82) is 0 Å². The monoisotopic (exact) mass is 407 g/mol. The van der Waals surface area contributed by atoms with Gasteiger partial charge < -0.3 is 18.9 Å². The summed E-state index contributed by atoms with van der Waals surface area (Å²) >= 11 is 0. The Labute approximate surface area is 175 Å². The number of carbonyl (C=O) groups is 1. The molecule has 1 fully saturated rings. The molecule has 7 nitrogen and oxygen atoms in total. The van der Waals surface area contributed by atoms with Crippen molar-refractivity contribution in [3.63, 3.8) is 0 Å². The Kier molecular flexibility index (Phi) is 5.97. The van der Waals surface area contributed by atoms with Crippen molar-refractivity contribution < 1.29 is 18.8 Å². The van der Waals surface area contributed by atoms with E-state index in [-0.39, 0.29) is 11.8 Å². The maximum absolute atomic E-state index is 12.5. The number of amides is 1. The van der Waals surface area contributed by atoms with Crippen LogP contribution in [-0.2, 0) is 11.3 Å². The zero-order valence-corrected chi connectivity index (χ0v) is 17.2. The average Bonchev–Trinajstić information content (AvgIpc) is 3.40. The minimum absolute atomic E-state index is 0.0907. The van der Waals surface area contributed by atoms with Crippen molar-refractivity contribution in [2.75, 3.05) is 20.3 Å². The number of hydrogen-bond donors (Lipinski definition) is 0. The predicted octanol–water partition coefficient (Wildman–Crippen LogP) is 4.05. The zero-order valence-electron chi connectivity index (χ0n) is 17.2. The topological polar surface area (TPSA) is 77.7 Å². The minimum atomic E-state index is -0.0934. The molecule has 0 saturated carbocycles. The lowest BCUT2D eigenvalue weighted by Gasteiger charge is -2.16. The number of ether oxygens (including phenoxy) is 2. The first-order valence-electron chi connectivity index (χ1n) is 10.1. The molecule has 0 bridgehead atoms. The second-order valence-electron chi connectivity index (χ2n) is 7.35. The van der Waals surface area contributed by atoms with Gasteiger partial charge in [-0.25, -0.2) is 0 Å². The van der Waals surface area contributed by atoms with Crippen LogP contribution in [0.15, 0.2) is 53.1 Å². The van der Waals surface area contributed by atoms with Gasteiger partial charge in [0.15, 0.2) is 0 Å². The van der Waals surface area contributed by atoms with Gasteiger partial charge in [0.05, 0.1) is 19.6 Å². The lowest BCUT2D eigenvalue weighted by Crippen LogP contribution is -2.24. The Bertz CT molecular complexity index is 982. The van der Waals surface area contributed by atoms with Gasteiger partial charge in [-0.05, 0) is 48.4 Å². The number of aromatic nitrogens is 2. The van der Waals surface area contributed by atoms with Gasteiger partial charge in [-0.2, -0.15) is 4.98 Å². The van der Waals surface area contributed by atoms with E-state index in [1.807, 2.05) is 53.4 Å². The second kappa shape index (κ2) is 8.98. The largest absolute Gasteiger partial charge is 0.497 e. The Morgan fingerprint density at radius 3 is 2.53 bits per heavy atom. The molecular formula is C23H25N3O4. The van der Waals surface area contributed by atoms with Crippen LogP contribution in [0.3, 0.4) is 0 Å². The van der Waals surface area contributed by atoms with E-state index < -0.39 is 0 Å². The van der Waals surface area contributed by atoms with Crippen LogP contribution < -0.4 is 9.47 Å². The molecular weight excluding hydrogens is 382 g/mol. The lowest BCUT2D eigenvalue weighted by molar-refractivity contribution is -0.128. The number of rotatable bonds is 8. The Morgan fingerprint density at radius 2 is 1.83 bits per heavy atom. The van der Waals surface area contributed by atoms with E-state index >= 15 is 0 Å². The number of methoxy groups -OCH3 is 1. The molecule has 3 aromatic rings. The highest BCUT2D eigenvalue weighted by Gasteiger charge is 2.34. The molecule has 1 saturated heterocycles. The molecule has 156 valence electrons. The predicted molar refractivity (Wildman–Crippen MR) is 111 cm³/mol. The average molecular weight is 407 g/mol. The molecule has 1 unspecified atom stereocenters. The number of likely N-dealkylation sites (tertiary alicyclic amines) is 1. The molecule has 0 radical (unpaired) electrons. The Morgan fingerprint density at radius 1 is 1.10 bits per heavy atom. The van der Waals surface area contributed by atoms with E-state index in [0.29, 0.717) is 37.8 Å². The fourth-order valence-corrected chi connectivity index (χ4v) is 3.48. The van der Waals surface area contributed by atoms with E-state index in [1.165, 1.54) is 0 Å². The van der Waals surface area contributed by atoms with E-state index in [0.717, 1.165) is 29.0 Å². The van der Waals surface area contributed by atoms with Gasteiger partial charge >= 0.3 is 0 Å². The van der Waals surface area contributed by atoms with Gasteiger partial charge in [-0.15, -0.1) is 0 Å². The number of carbonyl (C=O) groups excluding carboxylic acids is 1. The summed E-state index contributed by atoms with van der Waals surface area (Å²) in [5.74, 6) is 2.64. The van der Waals surface area contributed by atoms with Crippen molar-refractivity contribution >= 4 is 5.91 Å². The summed E-state index contributed by atoms with van der Waals surface area (Å²) in [5.41, 5.74) is 1.91. The smallest absolute Gasteiger partial charge is 0.232 e. The first kappa shape index (κ1) is 19.9. The molecule has 0 N–H and O–H groups in total. The summed E-state index contributed by atoms with van der Waals surface area (Å²) in [6.45, 7) is 3.88. The fourth-order valence-electron chi connectivity index (χ4n) is 3.48. The maximum atomic E-state index is 12.5. The summed E-state index contributed by atoms with van der Waals surface area (Å²) in [6.07, 6.45) is 1.34. The zero-order chi connectivity index (χ0) is 20.9. The third-order valence-electron chi connectivity index (χ3n) is 5.12. The molecule has 1 amide bonds. The van der Waals surface area contributed by atoms with Crippen LogP contribution in [0.1, 0.15) is 37.1 Å². The number of benzene rings is 2. The highest BCUT2D eigenvalue weighted by atomic mass is 16.5. The molecule has 1 aliphatic heterocycles. The fraction of sp³-hybridized carbons (Fsp3) is 0.348. The molecule has 2 aromatic carbocycles.